The largest absolute Gasteiger partial charge is 0.379 e. The number of fused-ring (bicyclic) bond motifs is 1. The second-order valence-electron chi connectivity index (χ2n) is 5.12. The van der Waals surface area contributed by atoms with Crippen LogP contribution in [0.15, 0.2) is 47.3 Å². The lowest BCUT2D eigenvalue weighted by Crippen LogP contribution is -2.06. The molecule has 3 rings (SSSR count). The number of H-pyrrole nitrogens is 2. The summed E-state index contributed by atoms with van der Waals surface area (Å²) in [4.78, 5) is 16.8. The number of rotatable bonds is 3. The minimum absolute atomic E-state index is 0.166. The third-order valence-corrected chi connectivity index (χ3v) is 3.44. The van der Waals surface area contributed by atoms with Gasteiger partial charge in [0.15, 0.2) is 0 Å². The fourth-order valence-corrected chi connectivity index (χ4v) is 2.39. The summed E-state index contributed by atoms with van der Waals surface area (Å²) in [6, 6.07) is 14.4. The van der Waals surface area contributed by atoms with Crippen molar-refractivity contribution in [3.8, 4) is 0 Å². The molecule has 0 aliphatic rings. The lowest BCUT2D eigenvalue weighted by atomic mass is 10.1. The molecule has 3 aromatic rings. The van der Waals surface area contributed by atoms with Crippen molar-refractivity contribution in [1.29, 1.82) is 0 Å². The Bertz CT molecular complexity index is 801. The van der Waals surface area contributed by atoms with Crippen LogP contribution in [-0.2, 0) is 0 Å². The van der Waals surface area contributed by atoms with E-state index < -0.39 is 0 Å². The Hall–Kier alpha value is -2.49. The van der Waals surface area contributed by atoms with Gasteiger partial charge in [0.2, 0.25) is 0 Å². The first-order chi connectivity index (χ1) is 9.61. The number of anilines is 1. The van der Waals surface area contributed by atoms with Gasteiger partial charge >= 0.3 is 5.69 Å². The number of benzene rings is 2. The van der Waals surface area contributed by atoms with Crippen LogP contribution in [-0.4, -0.2) is 9.97 Å². The maximum Gasteiger partial charge on any atom is 0.323 e. The molecular formula is C16H17N3O. The van der Waals surface area contributed by atoms with Crippen molar-refractivity contribution in [2.45, 2.75) is 19.9 Å². The Morgan fingerprint density at radius 1 is 1.05 bits per heavy atom. The lowest BCUT2D eigenvalue weighted by Gasteiger charge is -2.16. The van der Waals surface area contributed by atoms with Gasteiger partial charge < -0.3 is 15.3 Å². The number of aryl methyl sites for hydroxylation is 1. The lowest BCUT2D eigenvalue weighted by molar-refractivity contribution is 0.886. The first-order valence-corrected chi connectivity index (χ1v) is 6.67. The van der Waals surface area contributed by atoms with Gasteiger partial charge in [-0.15, -0.1) is 0 Å². The van der Waals surface area contributed by atoms with E-state index in [1.807, 2.05) is 24.3 Å². The standard InChI is InChI=1S/C16H17N3O/c1-10-4-3-5-13(8-10)17-11(2)12-6-7-14-15(9-12)19-16(20)18-14/h3-9,11,17H,1-2H3,(H2,18,19,20). The summed E-state index contributed by atoms with van der Waals surface area (Å²) >= 11 is 0. The maximum absolute atomic E-state index is 11.3. The minimum atomic E-state index is -0.170. The molecule has 0 fully saturated rings. The van der Waals surface area contributed by atoms with Crippen LogP contribution in [0.5, 0.6) is 0 Å². The monoisotopic (exact) mass is 267 g/mol. The second-order valence-corrected chi connectivity index (χ2v) is 5.12. The van der Waals surface area contributed by atoms with Crippen molar-refractivity contribution in [3.05, 3.63) is 64.1 Å². The van der Waals surface area contributed by atoms with Crippen LogP contribution < -0.4 is 11.0 Å². The predicted molar refractivity (Wildman–Crippen MR) is 82.1 cm³/mol. The van der Waals surface area contributed by atoms with Crippen molar-refractivity contribution in [3.63, 3.8) is 0 Å². The summed E-state index contributed by atoms with van der Waals surface area (Å²) in [5.74, 6) is 0. The zero-order valence-electron chi connectivity index (χ0n) is 11.5. The molecule has 102 valence electrons. The van der Waals surface area contributed by atoms with E-state index in [1.54, 1.807) is 0 Å². The number of imidazole rings is 1. The van der Waals surface area contributed by atoms with E-state index in [9.17, 15) is 4.79 Å². The van der Waals surface area contributed by atoms with Crippen molar-refractivity contribution >= 4 is 16.7 Å². The highest BCUT2D eigenvalue weighted by atomic mass is 16.1. The maximum atomic E-state index is 11.3. The number of aromatic nitrogens is 2. The highest BCUT2D eigenvalue weighted by Crippen LogP contribution is 2.22. The zero-order chi connectivity index (χ0) is 14.1. The molecule has 0 aliphatic carbocycles. The Labute approximate surface area is 116 Å². The Kier molecular flexibility index (Phi) is 3.06. The molecule has 4 nitrogen and oxygen atoms in total. The van der Waals surface area contributed by atoms with Gasteiger partial charge in [0.1, 0.15) is 0 Å². The number of hydrogen-bond acceptors (Lipinski definition) is 2. The van der Waals surface area contributed by atoms with Gasteiger partial charge in [-0.2, -0.15) is 0 Å². The summed E-state index contributed by atoms with van der Waals surface area (Å²) in [6.45, 7) is 4.18. The van der Waals surface area contributed by atoms with E-state index >= 15 is 0 Å². The van der Waals surface area contributed by atoms with Gasteiger partial charge in [0.05, 0.1) is 11.0 Å². The molecular weight excluding hydrogens is 250 g/mol. The molecule has 1 heterocycles. The normalized spacial score (nSPS) is 12.5. The third kappa shape index (κ3) is 2.45. The molecule has 2 aromatic carbocycles. The van der Waals surface area contributed by atoms with Crippen LogP contribution in [0, 0.1) is 6.92 Å². The molecule has 0 bridgehead atoms. The van der Waals surface area contributed by atoms with Crippen molar-refractivity contribution in [2.75, 3.05) is 5.32 Å². The fourth-order valence-electron chi connectivity index (χ4n) is 2.39. The van der Waals surface area contributed by atoms with Gasteiger partial charge in [-0.3, -0.25) is 0 Å². The average Bonchev–Trinajstić information content (AvgIpc) is 2.77. The first kappa shape index (κ1) is 12.5. The highest BCUT2D eigenvalue weighted by molar-refractivity contribution is 5.75. The van der Waals surface area contributed by atoms with Crippen LogP contribution in [0.1, 0.15) is 24.1 Å². The van der Waals surface area contributed by atoms with Crippen molar-refractivity contribution < 1.29 is 0 Å². The smallest absolute Gasteiger partial charge is 0.323 e. The summed E-state index contributed by atoms with van der Waals surface area (Å²) in [5.41, 5.74) is 4.96. The molecule has 4 heteroatoms. The van der Waals surface area contributed by atoms with E-state index in [4.69, 9.17) is 0 Å². The number of hydrogen-bond donors (Lipinski definition) is 3. The van der Waals surface area contributed by atoms with Crippen LogP contribution >= 0.6 is 0 Å². The van der Waals surface area contributed by atoms with Crippen LogP contribution in [0.25, 0.3) is 11.0 Å². The topological polar surface area (TPSA) is 60.7 Å². The second kappa shape index (κ2) is 4.89. The predicted octanol–water partition coefficient (Wildman–Crippen LogP) is 3.34. The molecule has 20 heavy (non-hydrogen) atoms. The van der Waals surface area contributed by atoms with E-state index in [1.165, 1.54) is 5.56 Å². The van der Waals surface area contributed by atoms with E-state index in [0.717, 1.165) is 22.3 Å². The van der Waals surface area contributed by atoms with Gasteiger partial charge in [-0.05, 0) is 49.2 Å². The Morgan fingerprint density at radius 2 is 1.85 bits per heavy atom. The van der Waals surface area contributed by atoms with Gasteiger partial charge in [-0.1, -0.05) is 18.2 Å². The molecule has 3 N–H and O–H groups in total. The molecule has 1 unspecified atom stereocenters. The fraction of sp³-hybridized carbons (Fsp3) is 0.188. The molecule has 0 spiro atoms. The van der Waals surface area contributed by atoms with Gasteiger partial charge in [0.25, 0.3) is 0 Å². The third-order valence-electron chi connectivity index (χ3n) is 3.44. The van der Waals surface area contributed by atoms with Gasteiger partial charge in [0, 0.05) is 11.7 Å². The molecule has 0 amide bonds. The number of aromatic amines is 2. The molecule has 1 atom stereocenters. The molecule has 0 radical (unpaired) electrons. The first-order valence-electron chi connectivity index (χ1n) is 6.67. The van der Waals surface area contributed by atoms with Crippen LogP contribution in [0.3, 0.4) is 0 Å². The van der Waals surface area contributed by atoms with E-state index in [-0.39, 0.29) is 11.7 Å². The molecule has 1 aromatic heterocycles. The quantitative estimate of drug-likeness (QED) is 0.681. The highest BCUT2D eigenvalue weighted by Gasteiger charge is 2.07. The van der Waals surface area contributed by atoms with E-state index in [0.29, 0.717) is 0 Å². The van der Waals surface area contributed by atoms with Crippen molar-refractivity contribution in [2.24, 2.45) is 0 Å². The number of nitrogens with one attached hydrogen (secondary N) is 3. The van der Waals surface area contributed by atoms with Gasteiger partial charge in [-0.25, -0.2) is 4.79 Å². The average molecular weight is 267 g/mol. The summed E-state index contributed by atoms with van der Waals surface area (Å²) in [7, 11) is 0. The minimum Gasteiger partial charge on any atom is -0.379 e. The SMILES string of the molecule is Cc1cccc(NC(C)c2ccc3[nH]c(=O)[nH]c3c2)c1. The molecule has 0 saturated carbocycles. The Balaban J connectivity index is 1.88. The Morgan fingerprint density at radius 3 is 2.65 bits per heavy atom. The zero-order valence-corrected chi connectivity index (χ0v) is 11.5. The summed E-state index contributed by atoms with van der Waals surface area (Å²) in [6.07, 6.45) is 0. The van der Waals surface area contributed by atoms with E-state index in [2.05, 4.69) is 47.3 Å². The summed E-state index contributed by atoms with van der Waals surface area (Å²) in [5, 5.41) is 3.47. The summed E-state index contributed by atoms with van der Waals surface area (Å²) < 4.78 is 0. The van der Waals surface area contributed by atoms with Crippen LogP contribution in [0.2, 0.25) is 0 Å². The molecule has 0 aliphatic heterocycles. The van der Waals surface area contributed by atoms with Crippen LogP contribution in [0.4, 0.5) is 5.69 Å². The van der Waals surface area contributed by atoms with Crippen molar-refractivity contribution in [1.82, 2.24) is 9.97 Å². The molecule has 0 saturated heterocycles.